The van der Waals surface area contributed by atoms with Crippen molar-refractivity contribution < 1.29 is 13.3 Å². The zero-order valence-electron chi connectivity index (χ0n) is 32.2. The van der Waals surface area contributed by atoms with Crippen LogP contribution in [-0.2, 0) is 0 Å². The maximum absolute atomic E-state index is 6.45. The Hall–Kier alpha value is -8.49. The van der Waals surface area contributed by atoms with Crippen molar-refractivity contribution in [3.05, 3.63) is 176 Å². The van der Waals surface area contributed by atoms with Crippen molar-refractivity contribution in [2.24, 2.45) is 0 Å². The standard InChI is InChI=1S/C53H29N5O3/c1-6-16-42-32(11-1)35-23-24-44-50(36-14-2-7-17-43(36)57(44)53-56-39-15-5-10-20-49(39)61-53)51(35)58(42)52-54-40(30-21-25-47-37(27-30)33-12-3-8-18-45(33)59-47)29-41(55-52)31-22-26-48-38(28-31)34-13-4-9-19-46(34)60-48/h1-29H. The van der Waals surface area contributed by atoms with Crippen LogP contribution in [0.5, 0.6) is 0 Å². The van der Waals surface area contributed by atoms with E-state index in [1.165, 1.54) is 0 Å². The van der Waals surface area contributed by atoms with Crippen LogP contribution in [0.2, 0.25) is 0 Å². The Morgan fingerprint density at radius 1 is 0.344 bits per heavy atom. The van der Waals surface area contributed by atoms with Gasteiger partial charge in [0.15, 0.2) is 5.58 Å². The molecule has 0 spiro atoms. The van der Waals surface area contributed by atoms with E-state index in [0.29, 0.717) is 12.0 Å². The van der Waals surface area contributed by atoms with Crippen LogP contribution in [-0.4, -0.2) is 24.1 Å². The molecule has 14 rings (SSSR count). The first kappa shape index (κ1) is 32.5. The first-order valence-corrected chi connectivity index (χ1v) is 20.3. The average Bonchev–Trinajstić information content (AvgIpc) is 4.13. The van der Waals surface area contributed by atoms with Gasteiger partial charge >= 0.3 is 6.01 Å². The highest BCUT2D eigenvalue weighted by Gasteiger charge is 2.24. The van der Waals surface area contributed by atoms with Crippen molar-refractivity contribution in [2.45, 2.75) is 0 Å². The maximum atomic E-state index is 6.45. The summed E-state index contributed by atoms with van der Waals surface area (Å²) in [4.78, 5) is 16.0. The number of furan rings is 2. The minimum atomic E-state index is 0.513. The Bertz CT molecular complexity index is 3980. The Kier molecular flexibility index (Phi) is 6.40. The zero-order valence-corrected chi connectivity index (χ0v) is 32.2. The lowest BCUT2D eigenvalue weighted by Crippen LogP contribution is -2.04. The third-order valence-electron chi connectivity index (χ3n) is 12.2. The molecule has 0 aliphatic heterocycles. The van der Waals surface area contributed by atoms with Gasteiger partial charge < -0.3 is 13.3 Å². The summed E-state index contributed by atoms with van der Waals surface area (Å²) in [6, 6.07) is 60.8. The van der Waals surface area contributed by atoms with E-state index in [2.05, 4.69) is 112 Å². The van der Waals surface area contributed by atoms with E-state index in [0.717, 1.165) is 121 Å². The molecule has 0 unspecified atom stereocenters. The van der Waals surface area contributed by atoms with Crippen LogP contribution in [0.1, 0.15) is 0 Å². The predicted molar refractivity (Wildman–Crippen MR) is 244 cm³/mol. The Morgan fingerprint density at radius 2 is 0.885 bits per heavy atom. The van der Waals surface area contributed by atoms with Crippen LogP contribution in [0.4, 0.5) is 0 Å². The van der Waals surface area contributed by atoms with Crippen LogP contribution in [0.3, 0.4) is 0 Å². The van der Waals surface area contributed by atoms with Crippen LogP contribution in [0.25, 0.3) is 133 Å². The molecule has 0 aliphatic carbocycles. The predicted octanol–water partition coefficient (Wildman–Crippen LogP) is 13.9. The van der Waals surface area contributed by atoms with Gasteiger partial charge in [-0.3, -0.25) is 9.13 Å². The number of hydrogen-bond acceptors (Lipinski definition) is 6. The van der Waals surface area contributed by atoms with Crippen LogP contribution < -0.4 is 0 Å². The topological polar surface area (TPSA) is 88.0 Å². The fourth-order valence-electron chi connectivity index (χ4n) is 9.48. The number of para-hydroxylation sites is 6. The van der Waals surface area contributed by atoms with Crippen LogP contribution >= 0.6 is 0 Å². The second-order valence-corrected chi connectivity index (χ2v) is 15.6. The van der Waals surface area contributed by atoms with Gasteiger partial charge in [-0.25, -0.2) is 9.97 Å². The molecule has 8 heteroatoms. The van der Waals surface area contributed by atoms with E-state index in [-0.39, 0.29) is 0 Å². The summed E-state index contributed by atoms with van der Waals surface area (Å²) in [6.45, 7) is 0. The molecule has 14 aromatic rings. The molecule has 61 heavy (non-hydrogen) atoms. The van der Waals surface area contributed by atoms with Gasteiger partial charge in [-0.1, -0.05) is 91.0 Å². The molecular formula is C53H29N5O3. The average molecular weight is 784 g/mol. The maximum Gasteiger partial charge on any atom is 0.307 e. The van der Waals surface area contributed by atoms with Crippen molar-refractivity contribution in [3.8, 4) is 34.5 Å². The molecule has 0 fully saturated rings. The summed E-state index contributed by atoms with van der Waals surface area (Å²) < 4.78 is 23.3. The number of oxazole rings is 1. The summed E-state index contributed by atoms with van der Waals surface area (Å²) in [5, 5.41) is 8.51. The SMILES string of the molecule is c1ccc2oc(-n3c4ccccc4c4c3ccc3c5ccccc5n(-c5nc(-c6ccc7oc8ccccc8c7c6)cc(-c6ccc7oc8ccccc8c7c6)n5)c34)nc2c1. The monoisotopic (exact) mass is 783 g/mol. The van der Waals surface area contributed by atoms with E-state index in [4.69, 9.17) is 28.2 Å². The van der Waals surface area contributed by atoms with Crippen LogP contribution in [0.15, 0.2) is 189 Å². The van der Waals surface area contributed by atoms with E-state index in [1.54, 1.807) is 0 Å². The normalized spacial score (nSPS) is 12.3. The van der Waals surface area contributed by atoms with Gasteiger partial charge in [-0.05, 0) is 84.9 Å². The highest BCUT2D eigenvalue weighted by Crippen LogP contribution is 2.43. The van der Waals surface area contributed by atoms with Gasteiger partial charge in [-0.15, -0.1) is 0 Å². The van der Waals surface area contributed by atoms with E-state index in [9.17, 15) is 0 Å². The molecule has 284 valence electrons. The molecule has 0 saturated heterocycles. The highest BCUT2D eigenvalue weighted by atomic mass is 16.4. The minimum Gasteiger partial charge on any atom is -0.456 e. The summed E-state index contributed by atoms with van der Waals surface area (Å²) >= 11 is 0. The van der Waals surface area contributed by atoms with Crippen molar-refractivity contribution in [3.63, 3.8) is 0 Å². The fraction of sp³-hybridized carbons (Fsp3) is 0. The molecule has 0 saturated carbocycles. The van der Waals surface area contributed by atoms with Crippen molar-refractivity contribution in [1.82, 2.24) is 24.1 Å². The molecule has 0 amide bonds. The van der Waals surface area contributed by atoms with E-state index < -0.39 is 0 Å². The van der Waals surface area contributed by atoms with Crippen molar-refractivity contribution in [2.75, 3.05) is 0 Å². The van der Waals surface area contributed by atoms with Gasteiger partial charge in [0.2, 0.25) is 5.95 Å². The second-order valence-electron chi connectivity index (χ2n) is 15.6. The second kappa shape index (κ2) is 12.0. The summed E-state index contributed by atoms with van der Waals surface area (Å²) in [7, 11) is 0. The van der Waals surface area contributed by atoms with Gasteiger partial charge in [0, 0.05) is 54.2 Å². The molecule has 0 N–H and O–H groups in total. The van der Waals surface area contributed by atoms with Gasteiger partial charge in [0.1, 0.15) is 27.8 Å². The first-order valence-electron chi connectivity index (χ1n) is 20.3. The summed E-state index contributed by atoms with van der Waals surface area (Å²) in [5.41, 5.74) is 12.4. The number of hydrogen-bond donors (Lipinski definition) is 0. The van der Waals surface area contributed by atoms with E-state index >= 15 is 0 Å². The lowest BCUT2D eigenvalue weighted by Gasteiger charge is -2.12. The Labute approximate surface area is 345 Å². The number of aromatic nitrogens is 5. The molecule has 0 aliphatic rings. The molecular weight excluding hydrogens is 755 g/mol. The number of fused-ring (bicyclic) bond motifs is 14. The molecule has 8 nitrogen and oxygen atoms in total. The molecule has 8 aromatic carbocycles. The Morgan fingerprint density at radius 3 is 1.54 bits per heavy atom. The number of rotatable bonds is 4. The van der Waals surface area contributed by atoms with Crippen molar-refractivity contribution >= 4 is 98.6 Å². The third-order valence-corrected chi connectivity index (χ3v) is 12.2. The molecule has 0 radical (unpaired) electrons. The lowest BCUT2D eigenvalue weighted by molar-refractivity contribution is 0.574. The van der Waals surface area contributed by atoms with Crippen LogP contribution in [0, 0.1) is 0 Å². The van der Waals surface area contributed by atoms with E-state index in [1.807, 2.05) is 72.8 Å². The summed E-state index contributed by atoms with van der Waals surface area (Å²) in [5.74, 6) is 0.555. The quantitative estimate of drug-likeness (QED) is 0.177. The van der Waals surface area contributed by atoms with Crippen molar-refractivity contribution in [1.29, 1.82) is 0 Å². The highest BCUT2D eigenvalue weighted by molar-refractivity contribution is 6.26. The lowest BCUT2D eigenvalue weighted by atomic mass is 10.0. The molecule has 6 heterocycles. The van der Waals surface area contributed by atoms with Gasteiger partial charge in [0.05, 0.1) is 33.5 Å². The smallest absolute Gasteiger partial charge is 0.307 e. The Balaban J connectivity index is 1.09. The molecule has 0 bridgehead atoms. The van der Waals surface area contributed by atoms with Gasteiger partial charge in [-0.2, -0.15) is 4.98 Å². The molecule has 0 atom stereocenters. The van der Waals surface area contributed by atoms with Gasteiger partial charge in [0.25, 0.3) is 0 Å². The number of nitrogens with zero attached hydrogens (tertiary/aromatic N) is 5. The minimum absolute atomic E-state index is 0.513. The number of benzene rings is 8. The molecule has 6 aromatic heterocycles. The first-order chi connectivity index (χ1) is 30.2. The zero-order chi connectivity index (χ0) is 39.8. The fourth-order valence-corrected chi connectivity index (χ4v) is 9.48. The largest absolute Gasteiger partial charge is 0.456 e. The third kappa shape index (κ3) is 4.61. The summed E-state index contributed by atoms with van der Waals surface area (Å²) in [6.07, 6.45) is 0.